The van der Waals surface area contributed by atoms with Crippen molar-refractivity contribution in [1.29, 1.82) is 0 Å². The van der Waals surface area contributed by atoms with E-state index in [1.165, 1.54) is 43.8 Å². The first-order valence-corrected chi connectivity index (χ1v) is 10.3. The monoisotopic (exact) mass is 386 g/mol. The van der Waals surface area contributed by atoms with Gasteiger partial charge in [0.2, 0.25) is 0 Å². The summed E-state index contributed by atoms with van der Waals surface area (Å²) in [6.07, 6.45) is 0. The molecule has 0 fully saturated rings. The predicted octanol–water partition coefficient (Wildman–Crippen LogP) is 6.39. The standard InChI is InChI=1S/C28H18O2/c29-23-9-10-24(30)28-26-20-12-16-6-2-1-5-15(16)11-19(20)25(27(23)28)21-13-17-7-3-4-8-18(17)14-22(21)26/h1-14,25-26,29-30H. The van der Waals surface area contributed by atoms with E-state index in [1.807, 2.05) is 0 Å². The van der Waals surface area contributed by atoms with Crippen molar-refractivity contribution in [3.63, 3.8) is 0 Å². The second-order valence-corrected chi connectivity index (χ2v) is 8.45. The highest BCUT2D eigenvalue weighted by Crippen LogP contribution is 2.60. The van der Waals surface area contributed by atoms with Crippen molar-refractivity contribution in [3.05, 3.63) is 118 Å². The van der Waals surface area contributed by atoms with Crippen LogP contribution in [0.15, 0.2) is 84.9 Å². The Hall–Kier alpha value is -3.78. The number of phenols is 2. The van der Waals surface area contributed by atoms with E-state index in [9.17, 15) is 10.2 Å². The minimum atomic E-state index is -0.0867. The first kappa shape index (κ1) is 16.1. The second-order valence-electron chi connectivity index (χ2n) is 8.45. The quantitative estimate of drug-likeness (QED) is 0.296. The molecule has 142 valence electrons. The SMILES string of the molecule is Oc1ccc(O)c2c1C1c3cc4ccccc4cc3C2c2cc3ccccc3cc21. The van der Waals surface area contributed by atoms with Crippen LogP contribution in [0.25, 0.3) is 21.5 Å². The molecule has 3 aliphatic carbocycles. The van der Waals surface area contributed by atoms with Crippen LogP contribution >= 0.6 is 0 Å². The third-order valence-electron chi connectivity index (χ3n) is 6.97. The van der Waals surface area contributed by atoms with E-state index in [0.717, 1.165) is 11.1 Å². The van der Waals surface area contributed by atoms with E-state index >= 15 is 0 Å². The molecule has 0 aromatic heterocycles. The number of hydrogen-bond donors (Lipinski definition) is 2. The minimum Gasteiger partial charge on any atom is -0.508 e. The molecule has 0 saturated carbocycles. The molecule has 30 heavy (non-hydrogen) atoms. The number of aromatic hydroxyl groups is 2. The van der Waals surface area contributed by atoms with Crippen molar-refractivity contribution in [2.45, 2.75) is 11.8 Å². The lowest BCUT2D eigenvalue weighted by Crippen LogP contribution is -2.27. The van der Waals surface area contributed by atoms with Crippen molar-refractivity contribution in [1.82, 2.24) is 0 Å². The Morgan fingerprint density at radius 2 is 0.733 bits per heavy atom. The first-order valence-electron chi connectivity index (χ1n) is 10.3. The highest BCUT2D eigenvalue weighted by Gasteiger charge is 2.44. The Morgan fingerprint density at radius 3 is 1.03 bits per heavy atom. The summed E-state index contributed by atoms with van der Waals surface area (Å²) in [4.78, 5) is 0. The maximum atomic E-state index is 10.9. The molecule has 2 bridgehead atoms. The van der Waals surface area contributed by atoms with Crippen LogP contribution in [0.2, 0.25) is 0 Å². The highest BCUT2D eigenvalue weighted by molar-refractivity contribution is 5.90. The first-order chi connectivity index (χ1) is 14.7. The van der Waals surface area contributed by atoms with Gasteiger partial charge in [0.15, 0.2) is 0 Å². The second kappa shape index (κ2) is 5.43. The van der Waals surface area contributed by atoms with Crippen LogP contribution in [0.4, 0.5) is 0 Å². The molecule has 0 spiro atoms. The van der Waals surface area contributed by atoms with E-state index in [-0.39, 0.29) is 23.3 Å². The van der Waals surface area contributed by atoms with Crippen molar-refractivity contribution in [2.24, 2.45) is 0 Å². The number of phenolic OH excluding ortho intramolecular Hbond substituents is 2. The average molecular weight is 386 g/mol. The van der Waals surface area contributed by atoms with Gasteiger partial charge in [-0.25, -0.2) is 0 Å². The Kier molecular flexibility index (Phi) is 2.91. The smallest absolute Gasteiger partial charge is 0.120 e. The molecule has 5 aromatic carbocycles. The van der Waals surface area contributed by atoms with Gasteiger partial charge in [0.05, 0.1) is 0 Å². The van der Waals surface area contributed by atoms with Crippen LogP contribution in [-0.4, -0.2) is 10.2 Å². The van der Waals surface area contributed by atoms with Gasteiger partial charge in [-0.1, -0.05) is 48.5 Å². The lowest BCUT2D eigenvalue weighted by Gasteiger charge is -2.43. The molecule has 2 heteroatoms. The summed E-state index contributed by atoms with van der Waals surface area (Å²) in [5, 5.41) is 26.5. The van der Waals surface area contributed by atoms with Crippen molar-refractivity contribution < 1.29 is 10.2 Å². The normalized spacial score (nSPS) is 18.3. The van der Waals surface area contributed by atoms with E-state index < -0.39 is 0 Å². The number of hydrogen-bond acceptors (Lipinski definition) is 2. The van der Waals surface area contributed by atoms with Crippen molar-refractivity contribution in [3.8, 4) is 11.5 Å². The van der Waals surface area contributed by atoms with Crippen LogP contribution in [0.3, 0.4) is 0 Å². The van der Waals surface area contributed by atoms with Crippen LogP contribution < -0.4 is 0 Å². The van der Waals surface area contributed by atoms with Gasteiger partial charge in [0.25, 0.3) is 0 Å². The van der Waals surface area contributed by atoms with Gasteiger partial charge in [-0.2, -0.15) is 0 Å². The molecule has 2 nitrogen and oxygen atoms in total. The molecule has 5 aromatic rings. The zero-order valence-corrected chi connectivity index (χ0v) is 16.1. The topological polar surface area (TPSA) is 40.5 Å². The Bertz CT molecular complexity index is 1330. The molecule has 0 radical (unpaired) electrons. The van der Waals surface area contributed by atoms with E-state index in [4.69, 9.17) is 0 Å². The predicted molar refractivity (Wildman–Crippen MR) is 120 cm³/mol. The maximum Gasteiger partial charge on any atom is 0.120 e. The fourth-order valence-electron chi connectivity index (χ4n) is 5.73. The Labute approximate surface area is 173 Å². The average Bonchev–Trinajstić information content (AvgIpc) is 2.78. The van der Waals surface area contributed by atoms with Crippen molar-refractivity contribution in [2.75, 3.05) is 0 Å². The molecule has 0 aliphatic heterocycles. The van der Waals surface area contributed by atoms with Crippen molar-refractivity contribution >= 4 is 21.5 Å². The molecule has 0 unspecified atom stereocenters. The van der Waals surface area contributed by atoms with Gasteiger partial charge >= 0.3 is 0 Å². The number of rotatable bonds is 0. The summed E-state index contributed by atoms with van der Waals surface area (Å²) in [5.74, 6) is 0.346. The maximum absolute atomic E-state index is 10.9. The zero-order valence-electron chi connectivity index (χ0n) is 16.1. The fraction of sp³-hybridized carbons (Fsp3) is 0.0714. The molecule has 0 saturated heterocycles. The van der Waals surface area contributed by atoms with Gasteiger partial charge in [0, 0.05) is 23.0 Å². The minimum absolute atomic E-state index is 0.0867. The van der Waals surface area contributed by atoms with Gasteiger partial charge < -0.3 is 10.2 Å². The van der Waals surface area contributed by atoms with Gasteiger partial charge in [-0.05, 0) is 80.2 Å². The van der Waals surface area contributed by atoms with Gasteiger partial charge in [-0.3, -0.25) is 0 Å². The van der Waals surface area contributed by atoms with E-state index in [0.29, 0.717) is 0 Å². The summed E-state index contributed by atoms with van der Waals surface area (Å²) in [6.45, 7) is 0. The molecule has 0 heterocycles. The third-order valence-corrected chi connectivity index (χ3v) is 6.97. The molecule has 0 atom stereocenters. The molecular weight excluding hydrogens is 368 g/mol. The fourth-order valence-corrected chi connectivity index (χ4v) is 5.73. The van der Waals surface area contributed by atoms with Gasteiger partial charge in [-0.15, -0.1) is 0 Å². The lowest BCUT2D eigenvalue weighted by atomic mass is 9.60. The van der Waals surface area contributed by atoms with E-state index in [2.05, 4.69) is 72.8 Å². The zero-order chi connectivity index (χ0) is 20.0. The molecule has 2 N–H and O–H groups in total. The highest BCUT2D eigenvalue weighted by atomic mass is 16.3. The third kappa shape index (κ3) is 1.89. The molecular formula is C28H18O2. The largest absolute Gasteiger partial charge is 0.508 e. The van der Waals surface area contributed by atoms with Crippen LogP contribution in [0.5, 0.6) is 11.5 Å². The summed E-state index contributed by atoms with van der Waals surface area (Å²) in [7, 11) is 0. The Balaban J connectivity index is 1.65. The summed E-state index contributed by atoms with van der Waals surface area (Å²) >= 11 is 0. The van der Waals surface area contributed by atoms with Crippen LogP contribution in [-0.2, 0) is 0 Å². The summed E-state index contributed by atoms with van der Waals surface area (Å²) < 4.78 is 0. The lowest BCUT2D eigenvalue weighted by molar-refractivity contribution is 0.441. The van der Waals surface area contributed by atoms with Crippen LogP contribution in [0, 0.1) is 0 Å². The number of benzene rings is 5. The van der Waals surface area contributed by atoms with E-state index in [1.54, 1.807) is 12.1 Å². The Morgan fingerprint density at radius 1 is 0.433 bits per heavy atom. The van der Waals surface area contributed by atoms with Gasteiger partial charge in [0.1, 0.15) is 11.5 Å². The number of fused-ring (bicyclic) bond motifs is 2. The molecule has 8 rings (SSSR count). The molecule has 0 amide bonds. The summed E-state index contributed by atoms with van der Waals surface area (Å²) in [6, 6.07) is 29.1. The molecule has 3 aliphatic rings. The summed E-state index contributed by atoms with van der Waals surface area (Å²) in [5.41, 5.74) is 6.63. The van der Waals surface area contributed by atoms with Crippen LogP contribution in [0.1, 0.15) is 45.2 Å².